The van der Waals surface area contributed by atoms with Gasteiger partial charge in [-0.3, -0.25) is 10.1 Å². The summed E-state index contributed by atoms with van der Waals surface area (Å²) in [5.74, 6) is 0.193. The van der Waals surface area contributed by atoms with E-state index in [-0.39, 0.29) is 22.8 Å². The van der Waals surface area contributed by atoms with Gasteiger partial charge in [0.25, 0.3) is 0 Å². The lowest BCUT2D eigenvalue weighted by atomic mass is 10.1. The van der Waals surface area contributed by atoms with Gasteiger partial charge in [-0.05, 0) is 19.1 Å². The van der Waals surface area contributed by atoms with Crippen molar-refractivity contribution in [1.29, 1.82) is 0 Å². The molecule has 0 fully saturated rings. The summed E-state index contributed by atoms with van der Waals surface area (Å²) >= 11 is 0. The van der Waals surface area contributed by atoms with E-state index in [1.165, 1.54) is 44.7 Å². The van der Waals surface area contributed by atoms with Crippen molar-refractivity contribution >= 4 is 11.5 Å². The summed E-state index contributed by atoms with van der Waals surface area (Å²) < 4.78 is 24.4. The van der Waals surface area contributed by atoms with Crippen LogP contribution >= 0.6 is 0 Å². The molecule has 1 atom stereocenters. The first kappa shape index (κ1) is 16.5. The number of nitrogens with zero attached hydrogens (tertiary/aromatic N) is 2. The maximum absolute atomic E-state index is 14.2. The van der Waals surface area contributed by atoms with Crippen molar-refractivity contribution in [3.05, 3.63) is 52.0 Å². The molecule has 2 aromatic rings. The van der Waals surface area contributed by atoms with Gasteiger partial charge < -0.3 is 14.8 Å². The second kappa shape index (κ2) is 6.91. The highest BCUT2D eigenvalue weighted by Crippen LogP contribution is 2.34. The van der Waals surface area contributed by atoms with E-state index in [9.17, 15) is 14.5 Å². The molecule has 0 aliphatic carbocycles. The van der Waals surface area contributed by atoms with Gasteiger partial charge in [0, 0.05) is 23.9 Å². The average Bonchev–Trinajstić information content (AvgIpc) is 2.54. The zero-order chi connectivity index (χ0) is 17.0. The molecule has 0 aliphatic rings. The number of ether oxygens (including phenoxy) is 2. The number of nitrogens with one attached hydrogen (secondary N) is 1. The number of benzene rings is 1. The molecule has 0 aliphatic heterocycles. The summed E-state index contributed by atoms with van der Waals surface area (Å²) in [7, 11) is 2.86. The Kier molecular flexibility index (Phi) is 4.95. The van der Waals surface area contributed by atoms with Crippen LogP contribution in [0.2, 0.25) is 0 Å². The molecule has 1 heterocycles. The highest BCUT2D eigenvalue weighted by molar-refractivity contribution is 5.57. The quantitative estimate of drug-likeness (QED) is 0.649. The standard InChI is InChI=1S/C15H16FN3O4/c1-9(18-15-12(19(20)21)5-4-6-17-15)10-7-13(22-2)14(23-3)8-11(10)16/h4-9H,1-3H3,(H,17,18)/t9-/m1/s1. The third kappa shape index (κ3) is 3.47. The minimum Gasteiger partial charge on any atom is -0.493 e. The zero-order valence-corrected chi connectivity index (χ0v) is 12.9. The number of aromatic nitrogens is 1. The zero-order valence-electron chi connectivity index (χ0n) is 12.9. The third-order valence-corrected chi connectivity index (χ3v) is 3.31. The van der Waals surface area contributed by atoms with Gasteiger partial charge in [-0.15, -0.1) is 0 Å². The minimum absolute atomic E-state index is 0.0687. The van der Waals surface area contributed by atoms with Crippen molar-refractivity contribution in [2.45, 2.75) is 13.0 Å². The molecule has 0 radical (unpaired) electrons. The van der Waals surface area contributed by atoms with Crippen LogP contribution in [0.3, 0.4) is 0 Å². The summed E-state index contributed by atoms with van der Waals surface area (Å²) in [6.45, 7) is 1.67. The minimum atomic E-state index is -0.566. The second-order valence-corrected chi connectivity index (χ2v) is 4.72. The Morgan fingerprint density at radius 1 is 1.30 bits per heavy atom. The van der Waals surface area contributed by atoms with Crippen LogP contribution in [0.5, 0.6) is 11.5 Å². The number of rotatable bonds is 6. The number of hydrogen-bond acceptors (Lipinski definition) is 6. The van der Waals surface area contributed by atoms with E-state index in [1.807, 2.05) is 0 Å². The predicted octanol–water partition coefficient (Wildman–Crippen LogP) is 3.32. The molecule has 1 N–H and O–H groups in total. The normalized spacial score (nSPS) is 11.7. The van der Waals surface area contributed by atoms with Crippen LogP contribution in [0.25, 0.3) is 0 Å². The van der Waals surface area contributed by atoms with Crippen molar-refractivity contribution in [1.82, 2.24) is 4.98 Å². The molecule has 0 unspecified atom stereocenters. The Hall–Kier alpha value is -2.90. The summed E-state index contributed by atoms with van der Waals surface area (Å²) in [5.41, 5.74) is 0.0998. The van der Waals surface area contributed by atoms with E-state index in [0.717, 1.165) is 0 Å². The molecular weight excluding hydrogens is 305 g/mol. The fraction of sp³-hybridized carbons (Fsp3) is 0.267. The molecule has 1 aromatic carbocycles. The first-order valence-corrected chi connectivity index (χ1v) is 6.75. The number of anilines is 1. The molecule has 1 aromatic heterocycles. The lowest BCUT2D eigenvalue weighted by molar-refractivity contribution is -0.384. The Labute approximate surface area is 132 Å². The molecule has 7 nitrogen and oxygen atoms in total. The Balaban J connectivity index is 2.35. The van der Waals surface area contributed by atoms with Gasteiger partial charge in [-0.2, -0.15) is 0 Å². The van der Waals surface area contributed by atoms with Crippen LogP contribution < -0.4 is 14.8 Å². The summed E-state index contributed by atoms with van der Waals surface area (Å²) in [6.07, 6.45) is 1.42. The molecule has 2 rings (SSSR count). The van der Waals surface area contributed by atoms with Crippen LogP contribution in [-0.4, -0.2) is 24.1 Å². The maximum Gasteiger partial charge on any atom is 0.311 e. The van der Waals surface area contributed by atoms with Gasteiger partial charge in [0.1, 0.15) is 5.82 Å². The largest absolute Gasteiger partial charge is 0.493 e. The molecule has 8 heteroatoms. The average molecular weight is 321 g/mol. The van der Waals surface area contributed by atoms with Crippen LogP contribution in [0.15, 0.2) is 30.5 Å². The number of pyridine rings is 1. The lowest BCUT2D eigenvalue weighted by Gasteiger charge is -2.17. The van der Waals surface area contributed by atoms with Crippen molar-refractivity contribution in [2.24, 2.45) is 0 Å². The second-order valence-electron chi connectivity index (χ2n) is 4.72. The summed E-state index contributed by atoms with van der Waals surface area (Å²) in [5, 5.41) is 13.9. The Morgan fingerprint density at radius 3 is 2.57 bits per heavy atom. The van der Waals surface area contributed by atoms with Crippen molar-refractivity contribution in [3.63, 3.8) is 0 Å². The lowest BCUT2D eigenvalue weighted by Crippen LogP contribution is -2.11. The van der Waals surface area contributed by atoms with Crippen molar-refractivity contribution in [3.8, 4) is 11.5 Å². The molecule has 0 saturated heterocycles. The highest BCUT2D eigenvalue weighted by atomic mass is 19.1. The van der Waals surface area contributed by atoms with E-state index in [1.54, 1.807) is 6.92 Å². The topological polar surface area (TPSA) is 86.5 Å². The summed E-state index contributed by atoms with van der Waals surface area (Å²) in [4.78, 5) is 14.4. The molecule has 0 spiro atoms. The van der Waals surface area contributed by atoms with Crippen LogP contribution in [0.1, 0.15) is 18.5 Å². The first-order chi connectivity index (χ1) is 11.0. The Morgan fingerprint density at radius 2 is 1.96 bits per heavy atom. The highest BCUT2D eigenvalue weighted by Gasteiger charge is 2.20. The monoisotopic (exact) mass is 321 g/mol. The van der Waals surface area contributed by atoms with Gasteiger partial charge in [0.2, 0.25) is 5.82 Å². The van der Waals surface area contributed by atoms with Gasteiger partial charge in [-0.25, -0.2) is 9.37 Å². The van der Waals surface area contributed by atoms with E-state index in [4.69, 9.17) is 9.47 Å². The number of hydrogen-bond donors (Lipinski definition) is 1. The fourth-order valence-corrected chi connectivity index (χ4v) is 2.14. The van der Waals surface area contributed by atoms with Crippen LogP contribution in [-0.2, 0) is 0 Å². The SMILES string of the molecule is COc1cc(F)c([C@@H](C)Nc2ncccc2[N+](=O)[O-])cc1OC. The smallest absolute Gasteiger partial charge is 0.311 e. The van der Waals surface area contributed by atoms with Gasteiger partial charge in [0.05, 0.1) is 25.2 Å². The van der Waals surface area contributed by atoms with E-state index < -0.39 is 16.8 Å². The van der Waals surface area contributed by atoms with E-state index in [0.29, 0.717) is 5.75 Å². The van der Waals surface area contributed by atoms with E-state index in [2.05, 4.69) is 10.3 Å². The van der Waals surface area contributed by atoms with Crippen LogP contribution in [0, 0.1) is 15.9 Å². The van der Waals surface area contributed by atoms with Crippen molar-refractivity contribution in [2.75, 3.05) is 19.5 Å². The molecule has 0 saturated carbocycles. The first-order valence-electron chi connectivity index (χ1n) is 6.75. The molecule has 122 valence electrons. The molecule has 0 bridgehead atoms. The fourth-order valence-electron chi connectivity index (χ4n) is 2.14. The Bertz CT molecular complexity index is 724. The number of nitro groups is 1. The number of methoxy groups -OCH3 is 2. The predicted molar refractivity (Wildman–Crippen MR) is 82.4 cm³/mol. The molecule has 0 amide bonds. The van der Waals surface area contributed by atoms with E-state index >= 15 is 0 Å². The molecule has 23 heavy (non-hydrogen) atoms. The van der Waals surface area contributed by atoms with Gasteiger partial charge in [-0.1, -0.05) is 0 Å². The van der Waals surface area contributed by atoms with Crippen molar-refractivity contribution < 1.29 is 18.8 Å². The maximum atomic E-state index is 14.2. The van der Waals surface area contributed by atoms with Crippen LogP contribution in [0.4, 0.5) is 15.9 Å². The summed E-state index contributed by atoms with van der Waals surface area (Å²) in [6, 6.07) is 4.92. The molecular formula is C15H16FN3O4. The van der Waals surface area contributed by atoms with Gasteiger partial charge in [0.15, 0.2) is 11.5 Å². The van der Waals surface area contributed by atoms with Gasteiger partial charge >= 0.3 is 5.69 Å². The third-order valence-electron chi connectivity index (χ3n) is 3.31. The number of halogens is 1.